The van der Waals surface area contributed by atoms with Gasteiger partial charge in [0.2, 0.25) is 0 Å². The average molecular weight is 234 g/mol. The van der Waals surface area contributed by atoms with Gasteiger partial charge in [-0.15, -0.1) is 0 Å². The van der Waals surface area contributed by atoms with E-state index in [1.54, 1.807) is 0 Å². The highest BCUT2D eigenvalue weighted by Crippen LogP contribution is 2.21. The standard InChI is InChI=1S/C14H22N2O/c1-11-5-3-6-12(14(11)17)9-15-10-13-7-4-8-16(13)2/h3,5-6,13,15,17H,4,7-10H2,1-2H3. The number of likely N-dealkylation sites (N-methyl/N-ethyl adjacent to an activating group) is 1. The van der Waals surface area contributed by atoms with Crippen LogP contribution >= 0.6 is 0 Å². The van der Waals surface area contributed by atoms with Crippen molar-refractivity contribution in [1.82, 2.24) is 10.2 Å². The lowest BCUT2D eigenvalue weighted by atomic mass is 10.1. The van der Waals surface area contributed by atoms with E-state index in [0.717, 1.165) is 24.2 Å². The van der Waals surface area contributed by atoms with E-state index in [-0.39, 0.29) is 0 Å². The monoisotopic (exact) mass is 234 g/mol. The molecule has 2 N–H and O–H groups in total. The summed E-state index contributed by atoms with van der Waals surface area (Å²) in [4.78, 5) is 2.41. The smallest absolute Gasteiger partial charge is 0.122 e. The molecule has 1 aliphatic rings. The number of rotatable bonds is 4. The summed E-state index contributed by atoms with van der Waals surface area (Å²) < 4.78 is 0. The van der Waals surface area contributed by atoms with Gasteiger partial charge in [-0.05, 0) is 38.9 Å². The van der Waals surface area contributed by atoms with Crippen molar-refractivity contribution in [3.63, 3.8) is 0 Å². The van der Waals surface area contributed by atoms with Crippen molar-refractivity contribution in [3.05, 3.63) is 29.3 Å². The van der Waals surface area contributed by atoms with Gasteiger partial charge >= 0.3 is 0 Å². The van der Waals surface area contributed by atoms with Crippen LogP contribution < -0.4 is 5.32 Å². The van der Waals surface area contributed by atoms with Gasteiger partial charge in [0.1, 0.15) is 5.75 Å². The van der Waals surface area contributed by atoms with Crippen molar-refractivity contribution in [2.75, 3.05) is 20.1 Å². The number of aromatic hydroxyl groups is 1. The Labute approximate surface area is 103 Å². The first-order valence-corrected chi connectivity index (χ1v) is 6.37. The first kappa shape index (κ1) is 12.4. The van der Waals surface area contributed by atoms with E-state index >= 15 is 0 Å². The normalized spacial score (nSPS) is 20.9. The van der Waals surface area contributed by atoms with Crippen molar-refractivity contribution in [2.45, 2.75) is 32.4 Å². The summed E-state index contributed by atoms with van der Waals surface area (Å²) in [6, 6.07) is 6.56. The highest BCUT2D eigenvalue weighted by atomic mass is 16.3. The number of phenols is 1. The first-order valence-electron chi connectivity index (χ1n) is 6.37. The van der Waals surface area contributed by atoms with Gasteiger partial charge in [-0.2, -0.15) is 0 Å². The van der Waals surface area contributed by atoms with Crippen LogP contribution in [0.25, 0.3) is 0 Å². The third kappa shape index (κ3) is 2.99. The summed E-state index contributed by atoms with van der Waals surface area (Å²) in [5.74, 6) is 0.430. The second-order valence-electron chi connectivity index (χ2n) is 4.99. The first-order chi connectivity index (χ1) is 8.18. The van der Waals surface area contributed by atoms with Gasteiger partial charge < -0.3 is 15.3 Å². The topological polar surface area (TPSA) is 35.5 Å². The van der Waals surface area contributed by atoms with Crippen LogP contribution in [0.15, 0.2) is 18.2 Å². The maximum absolute atomic E-state index is 9.89. The minimum Gasteiger partial charge on any atom is -0.507 e. The minimum absolute atomic E-state index is 0.430. The van der Waals surface area contributed by atoms with Crippen molar-refractivity contribution >= 4 is 0 Å². The summed E-state index contributed by atoms with van der Waals surface area (Å²) in [5, 5.41) is 13.3. The number of hydrogen-bond acceptors (Lipinski definition) is 3. The van der Waals surface area contributed by atoms with E-state index in [2.05, 4.69) is 17.3 Å². The van der Waals surface area contributed by atoms with Crippen LogP contribution in [0.2, 0.25) is 0 Å². The van der Waals surface area contributed by atoms with Gasteiger partial charge in [-0.1, -0.05) is 18.2 Å². The van der Waals surface area contributed by atoms with Gasteiger partial charge in [-0.3, -0.25) is 0 Å². The van der Waals surface area contributed by atoms with Crippen LogP contribution in [0.5, 0.6) is 5.75 Å². The Kier molecular flexibility index (Phi) is 4.02. The van der Waals surface area contributed by atoms with Gasteiger partial charge in [-0.25, -0.2) is 0 Å². The molecule has 1 atom stereocenters. The molecule has 17 heavy (non-hydrogen) atoms. The van der Waals surface area contributed by atoms with E-state index < -0.39 is 0 Å². The van der Waals surface area contributed by atoms with Crippen LogP contribution in [0.3, 0.4) is 0 Å². The molecule has 1 fully saturated rings. The van der Waals surface area contributed by atoms with Gasteiger partial charge in [0.15, 0.2) is 0 Å². The molecular formula is C14H22N2O. The number of para-hydroxylation sites is 1. The molecule has 0 amide bonds. The largest absolute Gasteiger partial charge is 0.507 e. The molecule has 1 saturated heterocycles. The minimum atomic E-state index is 0.430. The Balaban J connectivity index is 1.84. The van der Waals surface area contributed by atoms with E-state index in [1.165, 1.54) is 19.4 Å². The van der Waals surface area contributed by atoms with Crippen molar-refractivity contribution in [3.8, 4) is 5.75 Å². The van der Waals surface area contributed by atoms with E-state index in [9.17, 15) is 5.11 Å². The fraction of sp³-hybridized carbons (Fsp3) is 0.571. The molecule has 0 aliphatic carbocycles. The SMILES string of the molecule is Cc1cccc(CNCC2CCCN2C)c1O. The maximum Gasteiger partial charge on any atom is 0.122 e. The fourth-order valence-electron chi connectivity index (χ4n) is 2.47. The number of benzene rings is 1. The lowest BCUT2D eigenvalue weighted by Gasteiger charge is -2.20. The molecule has 2 rings (SSSR count). The predicted molar refractivity (Wildman–Crippen MR) is 70.2 cm³/mol. The number of hydrogen-bond donors (Lipinski definition) is 2. The zero-order valence-corrected chi connectivity index (χ0v) is 10.7. The molecule has 0 saturated carbocycles. The molecule has 1 aromatic carbocycles. The lowest BCUT2D eigenvalue weighted by molar-refractivity contribution is 0.300. The summed E-state index contributed by atoms with van der Waals surface area (Å²) in [5.41, 5.74) is 1.94. The zero-order chi connectivity index (χ0) is 12.3. The predicted octanol–water partition coefficient (Wildman–Crippen LogP) is 1.88. The molecule has 94 valence electrons. The van der Waals surface area contributed by atoms with Gasteiger partial charge in [0, 0.05) is 24.7 Å². The Morgan fingerprint density at radius 3 is 3.00 bits per heavy atom. The van der Waals surface area contributed by atoms with Crippen LogP contribution in [0, 0.1) is 6.92 Å². The molecule has 1 aromatic rings. The van der Waals surface area contributed by atoms with Gasteiger partial charge in [0.25, 0.3) is 0 Å². The molecule has 1 unspecified atom stereocenters. The second kappa shape index (κ2) is 5.52. The van der Waals surface area contributed by atoms with E-state index in [0.29, 0.717) is 11.8 Å². The van der Waals surface area contributed by atoms with Crippen LogP contribution in [0.4, 0.5) is 0 Å². The second-order valence-corrected chi connectivity index (χ2v) is 4.99. The van der Waals surface area contributed by atoms with Gasteiger partial charge in [0.05, 0.1) is 0 Å². The number of nitrogens with zero attached hydrogens (tertiary/aromatic N) is 1. The summed E-state index contributed by atoms with van der Waals surface area (Å²) in [7, 11) is 2.18. The fourth-order valence-corrected chi connectivity index (χ4v) is 2.47. The molecule has 0 spiro atoms. The zero-order valence-electron chi connectivity index (χ0n) is 10.7. The molecule has 0 aromatic heterocycles. The molecule has 1 aliphatic heterocycles. The quantitative estimate of drug-likeness (QED) is 0.835. The highest BCUT2D eigenvalue weighted by Gasteiger charge is 2.19. The van der Waals surface area contributed by atoms with E-state index in [1.807, 2.05) is 25.1 Å². The highest BCUT2D eigenvalue weighted by molar-refractivity contribution is 5.39. The number of phenolic OH excluding ortho intramolecular Hbond substituents is 1. The Hall–Kier alpha value is -1.06. The number of nitrogens with one attached hydrogen (secondary N) is 1. The molecule has 3 nitrogen and oxygen atoms in total. The molecule has 1 heterocycles. The Bertz CT molecular complexity index is 378. The molecule has 0 radical (unpaired) electrons. The third-order valence-electron chi connectivity index (χ3n) is 3.69. The summed E-state index contributed by atoms with van der Waals surface area (Å²) in [6.07, 6.45) is 2.59. The molecular weight excluding hydrogens is 212 g/mol. The molecule has 0 bridgehead atoms. The van der Waals surface area contributed by atoms with Crippen molar-refractivity contribution < 1.29 is 5.11 Å². The number of likely N-dealkylation sites (tertiary alicyclic amines) is 1. The van der Waals surface area contributed by atoms with Crippen LogP contribution in [-0.2, 0) is 6.54 Å². The van der Waals surface area contributed by atoms with E-state index in [4.69, 9.17) is 0 Å². The maximum atomic E-state index is 9.89. The summed E-state index contributed by atoms with van der Waals surface area (Å²) in [6.45, 7) is 4.90. The molecule has 3 heteroatoms. The van der Waals surface area contributed by atoms with Crippen LogP contribution in [-0.4, -0.2) is 36.2 Å². The summed E-state index contributed by atoms with van der Waals surface area (Å²) >= 11 is 0. The van der Waals surface area contributed by atoms with Crippen LogP contribution in [0.1, 0.15) is 24.0 Å². The third-order valence-corrected chi connectivity index (χ3v) is 3.69. The Morgan fingerprint density at radius 2 is 2.29 bits per heavy atom. The van der Waals surface area contributed by atoms with Crippen molar-refractivity contribution in [2.24, 2.45) is 0 Å². The lowest BCUT2D eigenvalue weighted by Crippen LogP contribution is -2.35. The van der Waals surface area contributed by atoms with Crippen molar-refractivity contribution in [1.29, 1.82) is 0 Å². The number of aryl methyl sites for hydroxylation is 1. The average Bonchev–Trinajstić information content (AvgIpc) is 2.71. The Morgan fingerprint density at radius 1 is 1.47 bits per heavy atom.